The Labute approximate surface area is 439 Å². The SMILES string of the molecule is CC/C=C\C/C=C\C/C=C\C/C=C\CCCCCCCCC(=O)OC(COC(=O)CCCCCCCCCCC)COC(=O)CCCCCCCCCCCC/C=C\C/C=C\C/C=C\CCCCCCC. The van der Waals surface area contributed by atoms with Crippen LogP contribution in [0.5, 0.6) is 0 Å². The second-order valence-corrected chi connectivity index (χ2v) is 19.9. The van der Waals surface area contributed by atoms with Crippen LogP contribution in [-0.2, 0) is 28.6 Å². The first-order valence-corrected chi connectivity index (χ1v) is 30.1. The zero-order valence-electron chi connectivity index (χ0n) is 46.7. The van der Waals surface area contributed by atoms with Gasteiger partial charge in [-0.25, -0.2) is 0 Å². The van der Waals surface area contributed by atoms with E-state index in [4.69, 9.17) is 14.2 Å². The minimum Gasteiger partial charge on any atom is -0.462 e. The standard InChI is InChI=1S/C65H112O6/c1-4-7-10-13-16-19-21-23-25-27-29-30-31-32-33-34-36-37-39-41-43-46-49-52-55-58-64(67)70-61-62(60-69-63(66)57-54-51-48-45-18-15-12-9-6-3)71-65(68)59-56-53-50-47-44-42-40-38-35-28-26-24-22-20-17-14-11-8-5-2/h8,11,17,20-21,23-24,26-27,29,31-32,35,38,62H,4-7,9-10,12-16,18-19,22,25,28,30,33-34,36-37,39-61H2,1-3H3/b11-8-,20-17-,23-21-,26-24-,29-27-,32-31-,38-35-. The second kappa shape index (κ2) is 59.2. The number of esters is 3. The minimum absolute atomic E-state index is 0.0821. The Kier molecular flexibility index (Phi) is 56.3. The van der Waals surface area contributed by atoms with E-state index in [1.54, 1.807) is 0 Å². The van der Waals surface area contributed by atoms with Gasteiger partial charge in [0.1, 0.15) is 13.2 Å². The Morgan fingerprint density at radius 3 is 0.859 bits per heavy atom. The molecule has 408 valence electrons. The second-order valence-electron chi connectivity index (χ2n) is 19.9. The van der Waals surface area contributed by atoms with Crippen LogP contribution in [0.15, 0.2) is 85.1 Å². The van der Waals surface area contributed by atoms with Crippen LogP contribution in [0.3, 0.4) is 0 Å². The predicted molar refractivity (Wildman–Crippen MR) is 307 cm³/mol. The summed E-state index contributed by atoms with van der Waals surface area (Å²) in [4.78, 5) is 38.1. The summed E-state index contributed by atoms with van der Waals surface area (Å²) in [5.74, 6) is -0.896. The van der Waals surface area contributed by atoms with Gasteiger partial charge in [0.25, 0.3) is 0 Å². The highest BCUT2D eigenvalue weighted by Crippen LogP contribution is 2.15. The Hall–Kier alpha value is -3.41. The Morgan fingerprint density at radius 1 is 0.296 bits per heavy atom. The van der Waals surface area contributed by atoms with Crippen molar-refractivity contribution in [1.82, 2.24) is 0 Å². The van der Waals surface area contributed by atoms with Crippen molar-refractivity contribution in [2.24, 2.45) is 0 Å². The average molecular weight is 990 g/mol. The van der Waals surface area contributed by atoms with Gasteiger partial charge in [-0.05, 0) is 96.3 Å². The number of rotatable bonds is 54. The predicted octanol–water partition coefficient (Wildman–Crippen LogP) is 20.3. The van der Waals surface area contributed by atoms with Crippen LogP contribution in [0.25, 0.3) is 0 Å². The third kappa shape index (κ3) is 57.4. The summed E-state index contributed by atoms with van der Waals surface area (Å²) < 4.78 is 16.8. The number of carbonyl (C=O) groups is 3. The van der Waals surface area contributed by atoms with Crippen LogP contribution in [0.4, 0.5) is 0 Å². The summed E-state index contributed by atoms with van der Waals surface area (Å²) >= 11 is 0. The molecule has 0 rings (SSSR count). The topological polar surface area (TPSA) is 78.9 Å². The highest BCUT2D eigenvalue weighted by Gasteiger charge is 2.19. The molecule has 1 atom stereocenters. The summed E-state index contributed by atoms with van der Waals surface area (Å²) in [7, 11) is 0. The molecular weight excluding hydrogens is 877 g/mol. The number of allylic oxidation sites excluding steroid dienone is 14. The van der Waals surface area contributed by atoms with E-state index in [9.17, 15) is 14.4 Å². The number of hydrogen-bond donors (Lipinski definition) is 0. The monoisotopic (exact) mass is 989 g/mol. The molecule has 0 aromatic heterocycles. The summed E-state index contributed by atoms with van der Waals surface area (Å²) in [5.41, 5.74) is 0. The van der Waals surface area contributed by atoms with Crippen molar-refractivity contribution in [2.75, 3.05) is 13.2 Å². The lowest BCUT2D eigenvalue weighted by molar-refractivity contribution is -0.167. The lowest BCUT2D eigenvalue weighted by Crippen LogP contribution is -2.30. The van der Waals surface area contributed by atoms with Crippen LogP contribution < -0.4 is 0 Å². The average Bonchev–Trinajstić information content (AvgIpc) is 3.37. The van der Waals surface area contributed by atoms with Crippen LogP contribution in [0.1, 0.15) is 290 Å². The Balaban J connectivity index is 4.26. The van der Waals surface area contributed by atoms with Crippen LogP contribution >= 0.6 is 0 Å². The quantitative estimate of drug-likeness (QED) is 0.0261. The Morgan fingerprint density at radius 2 is 0.549 bits per heavy atom. The molecule has 0 saturated carbocycles. The van der Waals surface area contributed by atoms with Crippen LogP contribution in [0.2, 0.25) is 0 Å². The van der Waals surface area contributed by atoms with Crippen LogP contribution in [0, 0.1) is 0 Å². The van der Waals surface area contributed by atoms with E-state index in [1.165, 1.54) is 141 Å². The van der Waals surface area contributed by atoms with Crippen molar-refractivity contribution in [3.63, 3.8) is 0 Å². The maximum atomic E-state index is 12.8. The molecule has 0 aromatic rings. The first kappa shape index (κ1) is 67.6. The molecule has 0 spiro atoms. The van der Waals surface area contributed by atoms with Gasteiger partial charge in [-0.15, -0.1) is 0 Å². The molecule has 0 heterocycles. The lowest BCUT2D eigenvalue weighted by atomic mass is 10.1. The molecule has 0 fully saturated rings. The van der Waals surface area contributed by atoms with E-state index in [2.05, 4.69) is 106 Å². The fraction of sp³-hybridized carbons (Fsp3) is 0.738. The van der Waals surface area contributed by atoms with Gasteiger partial charge in [-0.1, -0.05) is 260 Å². The van der Waals surface area contributed by atoms with Gasteiger partial charge in [0.05, 0.1) is 0 Å². The van der Waals surface area contributed by atoms with Crippen molar-refractivity contribution in [3.8, 4) is 0 Å². The third-order valence-corrected chi connectivity index (χ3v) is 12.9. The van der Waals surface area contributed by atoms with Gasteiger partial charge in [-0.3, -0.25) is 14.4 Å². The molecule has 0 N–H and O–H groups in total. The fourth-order valence-corrected chi connectivity index (χ4v) is 8.38. The largest absolute Gasteiger partial charge is 0.462 e. The normalized spacial score (nSPS) is 12.7. The van der Waals surface area contributed by atoms with Gasteiger partial charge in [0, 0.05) is 19.3 Å². The molecule has 0 saturated heterocycles. The van der Waals surface area contributed by atoms with Crippen molar-refractivity contribution in [3.05, 3.63) is 85.1 Å². The molecule has 6 nitrogen and oxygen atoms in total. The third-order valence-electron chi connectivity index (χ3n) is 12.9. The van der Waals surface area contributed by atoms with Crippen LogP contribution in [-0.4, -0.2) is 37.2 Å². The van der Waals surface area contributed by atoms with Crippen molar-refractivity contribution in [1.29, 1.82) is 0 Å². The molecule has 0 aromatic carbocycles. The molecule has 0 aliphatic rings. The number of unbranched alkanes of at least 4 members (excludes halogenated alkanes) is 29. The molecule has 0 bridgehead atoms. The van der Waals surface area contributed by atoms with E-state index >= 15 is 0 Å². The van der Waals surface area contributed by atoms with Gasteiger partial charge < -0.3 is 14.2 Å². The maximum Gasteiger partial charge on any atom is 0.306 e. The summed E-state index contributed by atoms with van der Waals surface area (Å²) in [6.45, 7) is 6.50. The number of ether oxygens (including phenoxy) is 3. The molecule has 0 amide bonds. The maximum absolute atomic E-state index is 12.8. The Bertz CT molecular complexity index is 1370. The zero-order chi connectivity index (χ0) is 51.4. The smallest absolute Gasteiger partial charge is 0.306 e. The van der Waals surface area contributed by atoms with Crippen molar-refractivity contribution < 1.29 is 28.6 Å². The molecule has 1 unspecified atom stereocenters. The highest BCUT2D eigenvalue weighted by atomic mass is 16.6. The summed E-state index contributed by atoms with van der Waals surface area (Å²) in [5, 5.41) is 0. The minimum atomic E-state index is -0.784. The molecule has 6 heteroatoms. The van der Waals surface area contributed by atoms with Crippen molar-refractivity contribution >= 4 is 17.9 Å². The zero-order valence-corrected chi connectivity index (χ0v) is 46.7. The van der Waals surface area contributed by atoms with Gasteiger partial charge in [0.2, 0.25) is 0 Å². The first-order chi connectivity index (χ1) is 35.0. The summed E-state index contributed by atoms with van der Waals surface area (Å²) in [6, 6.07) is 0. The van der Waals surface area contributed by atoms with E-state index in [0.29, 0.717) is 19.3 Å². The van der Waals surface area contributed by atoms with Gasteiger partial charge in [-0.2, -0.15) is 0 Å². The number of carbonyl (C=O) groups excluding carboxylic acids is 3. The van der Waals surface area contributed by atoms with E-state index < -0.39 is 6.10 Å². The molecule has 0 aliphatic carbocycles. The molecule has 0 aliphatic heterocycles. The fourth-order valence-electron chi connectivity index (χ4n) is 8.38. The molecular formula is C65H112O6. The van der Waals surface area contributed by atoms with Gasteiger partial charge in [0.15, 0.2) is 6.10 Å². The molecule has 71 heavy (non-hydrogen) atoms. The van der Waals surface area contributed by atoms with E-state index in [1.807, 2.05) is 0 Å². The van der Waals surface area contributed by atoms with Gasteiger partial charge >= 0.3 is 17.9 Å². The summed E-state index contributed by atoms with van der Waals surface area (Å²) in [6.07, 6.45) is 77.3. The first-order valence-electron chi connectivity index (χ1n) is 30.1. The van der Waals surface area contributed by atoms with E-state index in [-0.39, 0.29) is 31.1 Å². The number of hydrogen-bond acceptors (Lipinski definition) is 6. The van der Waals surface area contributed by atoms with E-state index in [0.717, 1.165) is 109 Å². The highest BCUT2D eigenvalue weighted by molar-refractivity contribution is 5.71. The molecule has 0 radical (unpaired) electrons. The lowest BCUT2D eigenvalue weighted by Gasteiger charge is -2.18. The van der Waals surface area contributed by atoms with Crippen molar-refractivity contribution in [2.45, 2.75) is 297 Å².